The molecule has 1 heterocycles. The number of carbonyl (C=O) groups excluding carboxylic acids is 3. The molecule has 6 nitrogen and oxygen atoms in total. The lowest BCUT2D eigenvalue weighted by atomic mass is 9.67. The molecular weight excluding hydrogens is 388 g/mol. The number of amides is 1. The second-order valence-corrected chi connectivity index (χ2v) is 8.73. The summed E-state index contributed by atoms with van der Waals surface area (Å²) >= 11 is 1.33. The molecule has 1 aromatic heterocycles. The van der Waals surface area contributed by atoms with E-state index in [4.69, 9.17) is 4.74 Å². The SMILES string of the molecule is C[C@@H](OC(=O)C1C[C@@H]2CCC[C@@H](C1)C2=O)C(=O)Nc1nc(-c2ccccc2)cs1. The highest BCUT2D eigenvalue weighted by Crippen LogP contribution is 2.40. The number of rotatable bonds is 5. The molecular formula is C22H24N2O4S. The summed E-state index contributed by atoms with van der Waals surface area (Å²) in [5, 5.41) is 5.07. The van der Waals surface area contributed by atoms with Gasteiger partial charge in [-0.05, 0) is 32.6 Å². The first-order chi connectivity index (χ1) is 14.0. The summed E-state index contributed by atoms with van der Waals surface area (Å²) in [7, 11) is 0. The van der Waals surface area contributed by atoms with Crippen molar-refractivity contribution in [3.8, 4) is 11.3 Å². The first-order valence-corrected chi connectivity index (χ1v) is 10.9. The highest BCUT2D eigenvalue weighted by molar-refractivity contribution is 7.14. The van der Waals surface area contributed by atoms with Crippen LogP contribution < -0.4 is 5.32 Å². The third-order valence-corrected chi connectivity index (χ3v) is 6.61. The van der Waals surface area contributed by atoms with Crippen LogP contribution in [-0.2, 0) is 19.1 Å². The van der Waals surface area contributed by atoms with Gasteiger partial charge in [-0.3, -0.25) is 19.7 Å². The predicted molar refractivity (Wildman–Crippen MR) is 110 cm³/mol. The maximum Gasteiger partial charge on any atom is 0.309 e. The van der Waals surface area contributed by atoms with Crippen molar-refractivity contribution < 1.29 is 19.1 Å². The molecule has 2 aromatic rings. The van der Waals surface area contributed by atoms with Gasteiger partial charge in [0.2, 0.25) is 0 Å². The average Bonchev–Trinajstić information content (AvgIpc) is 3.17. The predicted octanol–water partition coefficient (Wildman–Crippen LogP) is 4.08. The van der Waals surface area contributed by atoms with Crippen molar-refractivity contribution in [3.05, 3.63) is 35.7 Å². The van der Waals surface area contributed by atoms with Gasteiger partial charge in [0.25, 0.3) is 5.91 Å². The van der Waals surface area contributed by atoms with Crippen LogP contribution >= 0.6 is 11.3 Å². The highest BCUT2D eigenvalue weighted by atomic mass is 32.1. The minimum absolute atomic E-state index is 0.0177. The molecule has 0 saturated heterocycles. The number of hydrogen-bond donors (Lipinski definition) is 1. The van der Waals surface area contributed by atoms with Crippen molar-refractivity contribution >= 4 is 34.1 Å². The Morgan fingerprint density at radius 3 is 2.55 bits per heavy atom. The fourth-order valence-electron chi connectivity index (χ4n) is 4.28. The standard InChI is InChI=1S/C22H24N2O4S/c1-13(28-21(27)17-10-15-8-5-9-16(11-17)19(15)25)20(26)24-22-23-18(12-29-22)14-6-3-2-4-7-14/h2-4,6-7,12-13,15-17H,5,8-11H2,1H3,(H,23,24,26)/t13-,15+,16+/m1/s1. The Bertz CT molecular complexity index is 895. The molecule has 2 aliphatic rings. The topological polar surface area (TPSA) is 85.4 Å². The number of nitrogens with one attached hydrogen (secondary N) is 1. The molecule has 0 radical (unpaired) electrons. The quantitative estimate of drug-likeness (QED) is 0.748. The van der Waals surface area contributed by atoms with Crippen molar-refractivity contribution in [2.45, 2.75) is 45.1 Å². The van der Waals surface area contributed by atoms with E-state index < -0.39 is 12.0 Å². The van der Waals surface area contributed by atoms with E-state index in [0.29, 0.717) is 23.8 Å². The van der Waals surface area contributed by atoms with E-state index in [-0.39, 0.29) is 23.7 Å². The lowest BCUT2D eigenvalue weighted by Crippen LogP contribution is -2.41. The number of aromatic nitrogens is 1. The van der Waals surface area contributed by atoms with Gasteiger partial charge in [-0.25, -0.2) is 4.98 Å². The van der Waals surface area contributed by atoms with Gasteiger partial charge in [0.1, 0.15) is 5.78 Å². The Morgan fingerprint density at radius 2 is 1.86 bits per heavy atom. The molecule has 2 aliphatic carbocycles. The molecule has 0 unspecified atom stereocenters. The molecule has 2 fully saturated rings. The van der Waals surface area contributed by atoms with Gasteiger partial charge in [-0.2, -0.15) is 0 Å². The Balaban J connectivity index is 1.32. The number of benzene rings is 1. The fraction of sp³-hybridized carbons (Fsp3) is 0.455. The van der Waals surface area contributed by atoms with Crippen LogP contribution in [0.15, 0.2) is 35.7 Å². The lowest BCUT2D eigenvalue weighted by Gasteiger charge is -2.36. The summed E-state index contributed by atoms with van der Waals surface area (Å²) in [6.45, 7) is 1.56. The summed E-state index contributed by atoms with van der Waals surface area (Å²) in [5.74, 6) is -0.792. The van der Waals surface area contributed by atoms with E-state index in [0.717, 1.165) is 30.5 Å². The molecule has 3 atom stereocenters. The van der Waals surface area contributed by atoms with E-state index in [1.807, 2.05) is 35.7 Å². The third-order valence-electron chi connectivity index (χ3n) is 5.85. The summed E-state index contributed by atoms with van der Waals surface area (Å²) < 4.78 is 5.43. The Kier molecular flexibility index (Phi) is 5.76. The normalized spacial score (nSPS) is 24.6. The van der Waals surface area contributed by atoms with Gasteiger partial charge in [-0.1, -0.05) is 36.8 Å². The Hall–Kier alpha value is -2.54. The molecule has 0 aliphatic heterocycles. The number of ketones is 1. The second-order valence-electron chi connectivity index (χ2n) is 7.87. The monoisotopic (exact) mass is 412 g/mol. The van der Waals surface area contributed by atoms with Crippen LogP contribution in [0.3, 0.4) is 0 Å². The Labute approximate surface area is 173 Å². The number of ether oxygens (including phenoxy) is 1. The van der Waals surface area contributed by atoms with Crippen molar-refractivity contribution in [1.29, 1.82) is 0 Å². The minimum atomic E-state index is -0.913. The van der Waals surface area contributed by atoms with E-state index >= 15 is 0 Å². The van der Waals surface area contributed by atoms with Crippen LogP contribution in [0.2, 0.25) is 0 Å². The number of hydrogen-bond acceptors (Lipinski definition) is 6. The van der Waals surface area contributed by atoms with Gasteiger partial charge in [0.05, 0.1) is 11.6 Å². The first kappa shape index (κ1) is 19.8. The van der Waals surface area contributed by atoms with Gasteiger partial charge in [-0.15, -0.1) is 11.3 Å². The van der Waals surface area contributed by atoms with Crippen molar-refractivity contribution in [2.24, 2.45) is 17.8 Å². The van der Waals surface area contributed by atoms with Crippen LogP contribution in [0, 0.1) is 17.8 Å². The molecule has 0 spiro atoms. The van der Waals surface area contributed by atoms with E-state index in [2.05, 4.69) is 10.3 Å². The lowest BCUT2D eigenvalue weighted by molar-refractivity contribution is -0.161. The zero-order valence-electron chi connectivity index (χ0n) is 16.3. The molecule has 29 heavy (non-hydrogen) atoms. The van der Waals surface area contributed by atoms with Crippen molar-refractivity contribution in [2.75, 3.05) is 5.32 Å². The van der Waals surface area contributed by atoms with E-state index in [1.54, 1.807) is 6.92 Å². The van der Waals surface area contributed by atoms with Gasteiger partial charge in [0.15, 0.2) is 11.2 Å². The van der Waals surface area contributed by atoms with Gasteiger partial charge >= 0.3 is 5.97 Å². The molecule has 152 valence electrons. The molecule has 2 saturated carbocycles. The van der Waals surface area contributed by atoms with Crippen LogP contribution in [0.25, 0.3) is 11.3 Å². The summed E-state index contributed by atoms with van der Waals surface area (Å²) in [6.07, 6.45) is 2.97. The van der Waals surface area contributed by atoms with Crippen LogP contribution in [0.4, 0.5) is 5.13 Å². The number of thiazole rings is 1. The number of fused-ring (bicyclic) bond motifs is 2. The molecule has 4 rings (SSSR count). The summed E-state index contributed by atoms with van der Waals surface area (Å²) in [6, 6.07) is 9.71. The van der Waals surface area contributed by atoms with Gasteiger partial charge < -0.3 is 4.74 Å². The van der Waals surface area contributed by atoms with Crippen LogP contribution in [-0.4, -0.2) is 28.7 Å². The smallest absolute Gasteiger partial charge is 0.309 e. The van der Waals surface area contributed by atoms with Crippen LogP contribution in [0.1, 0.15) is 39.0 Å². The van der Waals surface area contributed by atoms with Crippen molar-refractivity contribution in [3.63, 3.8) is 0 Å². The maximum absolute atomic E-state index is 12.6. The minimum Gasteiger partial charge on any atom is -0.452 e. The highest BCUT2D eigenvalue weighted by Gasteiger charge is 2.42. The van der Waals surface area contributed by atoms with Gasteiger partial charge in [0, 0.05) is 22.8 Å². The number of anilines is 1. The van der Waals surface area contributed by atoms with Crippen molar-refractivity contribution in [1.82, 2.24) is 4.98 Å². The largest absolute Gasteiger partial charge is 0.452 e. The Morgan fingerprint density at radius 1 is 1.17 bits per heavy atom. The van der Waals surface area contributed by atoms with E-state index in [9.17, 15) is 14.4 Å². The zero-order chi connectivity index (χ0) is 20.4. The summed E-state index contributed by atoms with van der Waals surface area (Å²) in [4.78, 5) is 41.6. The number of nitrogens with zero attached hydrogens (tertiary/aromatic N) is 1. The number of carbonyl (C=O) groups is 3. The zero-order valence-corrected chi connectivity index (χ0v) is 17.1. The fourth-order valence-corrected chi connectivity index (χ4v) is 5.00. The third kappa shape index (κ3) is 4.40. The molecule has 7 heteroatoms. The molecule has 1 N–H and O–H groups in total. The molecule has 2 bridgehead atoms. The van der Waals surface area contributed by atoms with E-state index in [1.165, 1.54) is 11.3 Å². The molecule has 1 amide bonds. The number of esters is 1. The average molecular weight is 413 g/mol. The second kappa shape index (κ2) is 8.45. The van der Waals surface area contributed by atoms with Crippen LogP contribution in [0.5, 0.6) is 0 Å². The first-order valence-electron chi connectivity index (χ1n) is 10.1. The summed E-state index contributed by atoms with van der Waals surface area (Å²) in [5.41, 5.74) is 1.76. The molecule has 1 aromatic carbocycles. The maximum atomic E-state index is 12.6. The number of Topliss-reactive ketones (excluding diaryl/α,β-unsaturated/α-hetero) is 1.